The lowest BCUT2D eigenvalue weighted by Gasteiger charge is -2.03. The van der Waals surface area contributed by atoms with Gasteiger partial charge in [-0.1, -0.05) is 0 Å². The number of carboxylic acids is 1. The second kappa shape index (κ2) is 11.7. The van der Waals surface area contributed by atoms with Gasteiger partial charge in [-0.2, -0.15) is 0 Å². The van der Waals surface area contributed by atoms with Gasteiger partial charge < -0.3 is 25.2 Å². The predicted octanol–water partition coefficient (Wildman–Crippen LogP) is -0.309. The first-order valence-corrected chi connectivity index (χ1v) is 5.66. The highest BCUT2D eigenvalue weighted by atomic mass is 16.5. The average Bonchev–Trinajstić information content (AvgIpc) is 2.35. The molecule has 0 aliphatic rings. The van der Waals surface area contributed by atoms with Crippen molar-refractivity contribution in [2.24, 2.45) is 0 Å². The van der Waals surface area contributed by atoms with E-state index >= 15 is 0 Å². The van der Waals surface area contributed by atoms with Gasteiger partial charge in [0.15, 0.2) is 0 Å². The summed E-state index contributed by atoms with van der Waals surface area (Å²) in [7, 11) is 1.33. The molecule has 0 radical (unpaired) electrons. The van der Waals surface area contributed by atoms with Crippen LogP contribution < -0.4 is 10.6 Å². The minimum atomic E-state index is -0.811. The van der Waals surface area contributed by atoms with Gasteiger partial charge in [0.25, 0.3) is 0 Å². The van der Waals surface area contributed by atoms with E-state index in [0.29, 0.717) is 19.6 Å². The first-order valence-electron chi connectivity index (χ1n) is 5.66. The van der Waals surface area contributed by atoms with Crippen molar-refractivity contribution in [3.63, 3.8) is 0 Å². The number of ether oxygens (including phenoxy) is 2. The standard InChI is InChI=1S/C11H20N2O5/c1-17-11(16)3-8-18-9-7-13-6-5-12-4-2-10(14)15/h7,9,12-13H,2-6,8H2,1H3,(H,14,15)/b9-7+. The number of carbonyl (C=O) groups excluding carboxylic acids is 1. The Kier molecular flexibility index (Phi) is 10.6. The summed E-state index contributed by atoms with van der Waals surface area (Å²) in [5.41, 5.74) is 0. The molecule has 7 heteroatoms. The summed E-state index contributed by atoms with van der Waals surface area (Å²) in [5.74, 6) is -1.12. The van der Waals surface area contributed by atoms with Crippen LogP contribution in [0.5, 0.6) is 0 Å². The molecule has 0 aliphatic heterocycles. The van der Waals surface area contributed by atoms with E-state index in [0.717, 1.165) is 0 Å². The maximum Gasteiger partial charge on any atom is 0.308 e. The summed E-state index contributed by atoms with van der Waals surface area (Å²) >= 11 is 0. The third kappa shape index (κ3) is 12.3. The maximum absolute atomic E-state index is 10.7. The number of hydrogen-bond acceptors (Lipinski definition) is 6. The lowest BCUT2D eigenvalue weighted by Crippen LogP contribution is -2.26. The summed E-state index contributed by atoms with van der Waals surface area (Å²) in [6.45, 7) is 2.06. The first kappa shape index (κ1) is 16.2. The molecule has 0 saturated heterocycles. The van der Waals surface area contributed by atoms with Gasteiger partial charge in [-0.15, -0.1) is 0 Å². The molecular weight excluding hydrogens is 240 g/mol. The number of carboxylic acid groups (broad SMARTS) is 1. The van der Waals surface area contributed by atoms with Crippen molar-refractivity contribution in [1.29, 1.82) is 0 Å². The Morgan fingerprint density at radius 2 is 2.00 bits per heavy atom. The second-order valence-corrected chi connectivity index (χ2v) is 3.35. The zero-order valence-corrected chi connectivity index (χ0v) is 10.5. The Bertz CT molecular complexity index is 268. The number of aliphatic carboxylic acids is 1. The first-order chi connectivity index (χ1) is 8.66. The quantitative estimate of drug-likeness (QED) is 0.266. The molecule has 7 nitrogen and oxygen atoms in total. The van der Waals surface area contributed by atoms with Gasteiger partial charge in [-0.3, -0.25) is 9.59 Å². The Morgan fingerprint density at radius 3 is 2.67 bits per heavy atom. The molecule has 0 aromatic carbocycles. The van der Waals surface area contributed by atoms with Gasteiger partial charge in [0.2, 0.25) is 0 Å². The average molecular weight is 260 g/mol. The maximum atomic E-state index is 10.7. The molecule has 0 saturated carbocycles. The molecular formula is C11H20N2O5. The molecule has 0 unspecified atom stereocenters. The summed E-state index contributed by atoms with van der Waals surface area (Å²) in [6, 6.07) is 0. The molecule has 0 fully saturated rings. The molecule has 0 aromatic heterocycles. The van der Waals surface area contributed by atoms with E-state index in [1.54, 1.807) is 6.20 Å². The molecule has 0 bridgehead atoms. The minimum Gasteiger partial charge on any atom is -0.499 e. The molecule has 0 spiro atoms. The molecule has 0 amide bonds. The normalized spacial score (nSPS) is 10.3. The van der Waals surface area contributed by atoms with Crippen LogP contribution in [0.4, 0.5) is 0 Å². The largest absolute Gasteiger partial charge is 0.499 e. The van der Waals surface area contributed by atoms with E-state index in [1.165, 1.54) is 13.4 Å². The van der Waals surface area contributed by atoms with Crippen molar-refractivity contribution < 1.29 is 24.2 Å². The van der Waals surface area contributed by atoms with Crippen molar-refractivity contribution in [2.45, 2.75) is 12.8 Å². The minimum absolute atomic E-state index is 0.118. The zero-order chi connectivity index (χ0) is 13.6. The number of nitrogens with one attached hydrogen (secondary N) is 2. The van der Waals surface area contributed by atoms with Crippen LogP contribution >= 0.6 is 0 Å². The van der Waals surface area contributed by atoms with Crippen LogP contribution in [0.2, 0.25) is 0 Å². The highest BCUT2D eigenvalue weighted by Gasteiger charge is 1.97. The van der Waals surface area contributed by atoms with Crippen LogP contribution in [0.3, 0.4) is 0 Å². The molecule has 104 valence electrons. The lowest BCUT2D eigenvalue weighted by molar-refractivity contribution is -0.141. The molecule has 18 heavy (non-hydrogen) atoms. The fraction of sp³-hybridized carbons (Fsp3) is 0.636. The van der Waals surface area contributed by atoms with Gasteiger partial charge >= 0.3 is 11.9 Å². The smallest absolute Gasteiger partial charge is 0.308 e. The Hall–Kier alpha value is -1.76. The van der Waals surface area contributed by atoms with E-state index in [2.05, 4.69) is 15.4 Å². The van der Waals surface area contributed by atoms with Gasteiger partial charge in [-0.25, -0.2) is 0 Å². The van der Waals surface area contributed by atoms with Crippen LogP contribution in [0.1, 0.15) is 12.8 Å². The predicted molar refractivity (Wildman–Crippen MR) is 64.9 cm³/mol. The van der Waals surface area contributed by atoms with E-state index in [-0.39, 0.29) is 25.4 Å². The molecule has 0 heterocycles. The second-order valence-electron chi connectivity index (χ2n) is 3.35. The van der Waals surface area contributed by atoms with Crippen LogP contribution in [-0.2, 0) is 19.1 Å². The highest BCUT2D eigenvalue weighted by Crippen LogP contribution is 1.86. The fourth-order valence-electron chi connectivity index (χ4n) is 0.973. The molecule has 0 atom stereocenters. The van der Waals surface area contributed by atoms with Gasteiger partial charge in [0, 0.05) is 25.8 Å². The number of rotatable bonds is 11. The van der Waals surface area contributed by atoms with Crippen LogP contribution in [0.15, 0.2) is 12.5 Å². The number of esters is 1. The molecule has 0 aliphatic carbocycles. The van der Waals surface area contributed by atoms with E-state index < -0.39 is 5.97 Å². The van der Waals surface area contributed by atoms with Crippen LogP contribution in [0.25, 0.3) is 0 Å². The Morgan fingerprint density at radius 1 is 1.22 bits per heavy atom. The third-order valence-corrected chi connectivity index (χ3v) is 1.90. The van der Waals surface area contributed by atoms with Crippen molar-refractivity contribution >= 4 is 11.9 Å². The number of hydrogen-bond donors (Lipinski definition) is 3. The van der Waals surface area contributed by atoms with Crippen LogP contribution in [-0.4, -0.2) is 50.4 Å². The van der Waals surface area contributed by atoms with Gasteiger partial charge in [0.1, 0.15) is 0 Å². The van der Waals surface area contributed by atoms with Crippen molar-refractivity contribution in [3.8, 4) is 0 Å². The van der Waals surface area contributed by atoms with Crippen molar-refractivity contribution in [1.82, 2.24) is 10.6 Å². The monoisotopic (exact) mass is 260 g/mol. The molecule has 3 N–H and O–H groups in total. The van der Waals surface area contributed by atoms with Gasteiger partial charge in [-0.05, 0) is 0 Å². The molecule has 0 aromatic rings. The Balaban J connectivity index is 3.18. The number of methoxy groups -OCH3 is 1. The molecule has 0 rings (SSSR count). The highest BCUT2D eigenvalue weighted by molar-refractivity contribution is 5.69. The summed E-state index contributed by atoms with van der Waals surface area (Å²) in [6.07, 6.45) is 3.42. The zero-order valence-electron chi connectivity index (χ0n) is 10.5. The van der Waals surface area contributed by atoms with Crippen molar-refractivity contribution in [3.05, 3.63) is 12.5 Å². The Labute approximate surface area is 106 Å². The fourth-order valence-corrected chi connectivity index (χ4v) is 0.973. The summed E-state index contributed by atoms with van der Waals surface area (Å²) in [4.78, 5) is 20.9. The van der Waals surface area contributed by atoms with Crippen LogP contribution in [0, 0.1) is 0 Å². The SMILES string of the molecule is COC(=O)CCO/C=C/NCCNCCC(=O)O. The van der Waals surface area contributed by atoms with E-state index in [9.17, 15) is 9.59 Å². The summed E-state index contributed by atoms with van der Waals surface area (Å²) in [5, 5.41) is 14.3. The topological polar surface area (TPSA) is 96.9 Å². The van der Waals surface area contributed by atoms with E-state index in [4.69, 9.17) is 9.84 Å². The lowest BCUT2D eigenvalue weighted by atomic mass is 10.4. The third-order valence-electron chi connectivity index (χ3n) is 1.90. The number of carbonyl (C=O) groups is 2. The summed E-state index contributed by atoms with van der Waals surface area (Å²) < 4.78 is 9.46. The van der Waals surface area contributed by atoms with Gasteiger partial charge in [0.05, 0.1) is 32.8 Å². The van der Waals surface area contributed by atoms with Crippen molar-refractivity contribution in [2.75, 3.05) is 33.4 Å². The van der Waals surface area contributed by atoms with E-state index in [1.807, 2.05) is 0 Å².